The van der Waals surface area contributed by atoms with Crippen LogP contribution in [0.25, 0.3) is 0 Å². The van der Waals surface area contributed by atoms with Crippen LogP contribution < -0.4 is 5.32 Å². The fourth-order valence-corrected chi connectivity index (χ4v) is 5.03. The van der Waals surface area contributed by atoms with E-state index in [0.29, 0.717) is 32.0 Å². The zero-order chi connectivity index (χ0) is 14.0. The average molecular weight is 293 g/mol. The summed E-state index contributed by atoms with van der Waals surface area (Å²) in [6.07, 6.45) is 1.21. The SMILES string of the molecule is CNC[C@@H]1C[C@H](F)CN1S(=O)(=O)N1CCCC(C)C1. The zero-order valence-electron chi connectivity index (χ0n) is 11.7. The molecule has 2 rings (SSSR count). The van der Waals surface area contributed by atoms with Gasteiger partial charge in [-0.15, -0.1) is 0 Å². The summed E-state index contributed by atoms with van der Waals surface area (Å²) in [5.74, 6) is 0.384. The van der Waals surface area contributed by atoms with E-state index in [1.165, 1.54) is 8.61 Å². The van der Waals surface area contributed by atoms with E-state index >= 15 is 0 Å². The lowest BCUT2D eigenvalue weighted by molar-refractivity contribution is 0.250. The topological polar surface area (TPSA) is 52.7 Å². The Morgan fingerprint density at radius 3 is 2.74 bits per heavy atom. The van der Waals surface area contributed by atoms with Crippen molar-refractivity contribution in [3.05, 3.63) is 0 Å². The molecule has 0 saturated carbocycles. The third-order valence-corrected chi connectivity index (χ3v) is 6.02. The van der Waals surface area contributed by atoms with Crippen molar-refractivity contribution in [3.63, 3.8) is 0 Å². The van der Waals surface area contributed by atoms with Gasteiger partial charge < -0.3 is 5.32 Å². The summed E-state index contributed by atoms with van der Waals surface area (Å²) >= 11 is 0. The van der Waals surface area contributed by atoms with Crippen LogP contribution in [0.2, 0.25) is 0 Å². The minimum atomic E-state index is -3.51. The van der Waals surface area contributed by atoms with Crippen molar-refractivity contribution in [3.8, 4) is 0 Å². The van der Waals surface area contributed by atoms with E-state index in [1.54, 1.807) is 7.05 Å². The van der Waals surface area contributed by atoms with Crippen LogP contribution >= 0.6 is 0 Å². The Morgan fingerprint density at radius 2 is 2.11 bits per heavy atom. The Balaban J connectivity index is 2.13. The molecule has 2 heterocycles. The number of halogens is 1. The molecule has 7 heteroatoms. The predicted molar refractivity (Wildman–Crippen MR) is 72.8 cm³/mol. The largest absolute Gasteiger partial charge is 0.318 e. The summed E-state index contributed by atoms with van der Waals surface area (Å²) in [6.45, 7) is 3.69. The lowest BCUT2D eigenvalue weighted by Crippen LogP contribution is -2.51. The lowest BCUT2D eigenvalue weighted by atomic mass is 10.0. The van der Waals surface area contributed by atoms with E-state index in [0.717, 1.165) is 12.8 Å². The summed E-state index contributed by atoms with van der Waals surface area (Å²) in [4.78, 5) is 0. The van der Waals surface area contributed by atoms with Crippen LogP contribution in [0.1, 0.15) is 26.2 Å². The third-order valence-electron chi connectivity index (χ3n) is 4.00. The maximum absolute atomic E-state index is 13.6. The average Bonchev–Trinajstić information content (AvgIpc) is 2.71. The number of piperidine rings is 1. The first-order valence-corrected chi connectivity index (χ1v) is 8.40. The first-order valence-electron chi connectivity index (χ1n) is 7.00. The fourth-order valence-electron chi connectivity index (χ4n) is 3.04. The highest BCUT2D eigenvalue weighted by Gasteiger charge is 2.42. The van der Waals surface area contributed by atoms with Gasteiger partial charge in [0.25, 0.3) is 10.2 Å². The molecule has 3 atom stereocenters. The van der Waals surface area contributed by atoms with Crippen molar-refractivity contribution >= 4 is 10.2 Å². The molecule has 1 unspecified atom stereocenters. The molecule has 0 bridgehead atoms. The Kier molecular flexibility index (Phi) is 4.81. The van der Waals surface area contributed by atoms with E-state index in [1.807, 2.05) is 0 Å². The zero-order valence-corrected chi connectivity index (χ0v) is 12.5. The maximum Gasteiger partial charge on any atom is 0.282 e. The van der Waals surface area contributed by atoms with Crippen LogP contribution in [0.5, 0.6) is 0 Å². The Labute approximate surface area is 115 Å². The van der Waals surface area contributed by atoms with Gasteiger partial charge in [0.15, 0.2) is 0 Å². The summed E-state index contributed by atoms with van der Waals surface area (Å²) in [7, 11) is -1.75. The fraction of sp³-hybridized carbons (Fsp3) is 1.00. The minimum absolute atomic E-state index is 0.000436. The number of likely N-dealkylation sites (N-methyl/N-ethyl adjacent to an activating group) is 1. The highest BCUT2D eigenvalue weighted by atomic mass is 32.2. The number of nitrogens with zero attached hydrogens (tertiary/aromatic N) is 2. The first-order chi connectivity index (χ1) is 8.95. The van der Waals surface area contributed by atoms with Crippen molar-refractivity contribution in [2.24, 2.45) is 5.92 Å². The minimum Gasteiger partial charge on any atom is -0.318 e. The number of rotatable bonds is 4. The molecule has 0 amide bonds. The summed E-state index contributed by atoms with van der Waals surface area (Å²) in [5.41, 5.74) is 0. The monoisotopic (exact) mass is 293 g/mol. The second-order valence-electron chi connectivity index (χ2n) is 5.73. The van der Waals surface area contributed by atoms with Crippen molar-refractivity contribution in [1.82, 2.24) is 13.9 Å². The summed E-state index contributed by atoms with van der Waals surface area (Å²) < 4.78 is 41.7. The van der Waals surface area contributed by atoms with E-state index in [2.05, 4.69) is 12.2 Å². The quantitative estimate of drug-likeness (QED) is 0.825. The molecule has 2 fully saturated rings. The van der Waals surface area contributed by atoms with Crippen molar-refractivity contribution in [2.75, 3.05) is 33.2 Å². The van der Waals surface area contributed by atoms with Crippen LogP contribution in [0, 0.1) is 5.92 Å². The lowest BCUT2D eigenvalue weighted by Gasteiger charge is -2.35. The molecule has 0 aromatic rings. The van der Waals surface area contributed by atoms with Gasteiger partial charge >= 0.3 is 0 Å². The number of alkyl halides is 1. The van der Waals surface area contributed by atoms with Gasteiger partial charge in [-0.1, -0.05) is 6.92 Å². The Hall–Kier alpha value is -0.240. The van der Waals surface area contributed by atoms with Crippen molar-refractivity contribution in [1.29, 1.82) is 0 Å². The molecule has 0 radical (unpaired) electrons. The molecule has 112 valence electrons. The molecular weight excluding hydrogens is 269 g/mol. The van der Waals surface area contributed by atoms with E-state index < -0.39 is 16.4 Å². The smallest absolute Gasteiger partial charge is 0.282 e. The van der Waals surface area contributed by atoms with Gasteiger partial charge in [-0.2, -0.15) is 17.0 Å². The van der Waals surface area contributed by atoms with Gasteiger partial charge in [-0.25, -0.2) is 4.39 Å². The standard InChI is InChI=1S/C12H24FN3O2S/c1-10-4-3-5-15(8-10)19(17,18)16-9-11(13)6-12(16)7-14-2/h10-12,14H,3-9H2,1-2H3/t10?,11-,12-/m0/s1. The van der Waals surface area contributed by atoms with Gasteiger partial charge in [0.05, 0.1) is 0 Å². The predicted octanol–water partition coefficient (Wildman–Crippen LogP) is 0.595. The Bertz CT molecular complexity index is 404. The van der Waals surface area contributed by atoms with Crippen LogP contribution in [0.15, 0.2) is 0 Å². The molecule has 5 nitrogen and oxygen atoms in total. The maximum atomic E-state index is 13.6. The number of hydrogen-bond donors (Lipinski definition) is 1. The highest BCUT2D eigenvalue weighted by molar-refractivity contribution is 7.86. The highest BCUT2D eigenvalue weighted by Crippen LogP contribution is 2.28. The van der Waals surface area contributed by atoms with Crippen LogP contribution in [0.4, 0.5) is 4.39 Å². The molecule has 19 heavy (non-hydrogen) atoms. The van der Waals surface area contributed by atoms with Gasteiger partial charge in [0.1, 0.15) is 6.17 Å². The molecule has 2 aliphatic rings. The number of nitrogens with one attached hydrogen (secondary N) is 1. The van der Waals surface area contributed by atoms with Gasteiger partial charge in [-0.3, -0.25) is 0 Å². The van der Waals surface area contributed by atoms with Gasteiger partial charge in [0, 0.05) is 32.2 Å². The second kappa shape index (κ2) is 6.03. The van der Waals surface area contributed by atoms with Crippen LogP contribution in [0.3, 0.4) is 0 Å². The molecule has 2 aliphatic heterocycles. The van der Waals surface area contributed by atoms with E-state index in [-0.39, 0.29) is 12.6 Å². The molecule has 2 saturated heterocycles. The molecule has 0 aromatic carbocycles. The molecular formula is C12H24FN3O2S. The summed E-state index contributed by atoms with van der Waals surface area (Å²) in [6, 6.07) is -0.262. The number of hydrogen-bond acceptors (Lipinski definition) is 3. The van der Waals surface area contributed by atoms with Crippen LogP contribution in [-0.2, 0) is 10.2 Å². The van der Waals surface area contributed by atoms with E-state index in [4.69, 9.17) is 0 Å². The molecule has 0 aliphatic carbocycles. The Morgan fingerprint density at radius 1 is 1.37 bits per heavy atom. The summed E-state index contributed by atoms with van der Waals surface area (Å²) in [5, 5.41) is 2.95. The normalized spacial score (nSPS) is 34.8. The van der Waals surface area contributed by atoms with Crippen LogP contribution in [-0.4, -0.2) is 62.5 Å². The first kappa shape index (κ1) is 15.2. The molecule has 1 N–H and O–H groups in total. The van der Waals surface area contributed by atoms with Crippen molar-refractivity contribution < 1.29 is 12.8 Å². The van der Waals surface area contributed by atoms with E-state index in [9.17, 15) is 12.8 Å². The van der Waals surface area contributed by atoms with Crippen molar-refractivity contribution in [2.45, 2.75) is 38.4 Å². The third kappa shape index (κ3) is 3.26. The van der Waals surface area contributed by atoms with Gasteiger partial charge in [-0.05, 0) is 32.2 Å². The second-order valence-corrected chi connectivity index (χ2v) is 7.61. The molecule has 0 spiro atoms. The molecule has 0 aromatic heterocycles. The van der Waals surface area contributed by atoms with Gasteiger partial charge in [0.2, 0.25) is 0 Å².